The minimum Gasteiger partial charge on any atom is -0.337 e. The van der Waals surface area contributed by atoms with Gasteiger partial charge in [0.2, 0.25) is 5.91 Å². The molecule has 3 rings (SSSR count). The molecule has 1 aromatic carbocycles. The number of hydrogen-bond donors (Lipinski definition) is 0. The molecule has 1 amide bonds. The summed E-state index contributed by atoms with van der Waals surface area (Å²) in [6.07, 6.45) is 3.62. The van der Waals surface area contributed by atoms with Gasteiger partial charge in [-0.1, -0.05) is 17.3 Å². The van der Waals surface area contributed by atoms with E-state index in [1.54, 1.807) is 15.8 Å². The van der Waals surface area contributed by atoms with E-state index >= 15 is 0 Å². The third-order valence-electron chi connectivity index (χ3n) is 3.88. The predicted octanol–water partition coefficient (Wildman–Crippen LogP) is 1.60. The Morgan fingerprint density at radius 1 is 1.30 bits per heavy atom. The molecule has 0 bridgehead atoms. The third-order valence-corrected chi connectivity index (χ3v) is 3.88. The minimum atomic E-state index is -0.00125. The van der Waals surface area contributed by atoms with Crippen LogP contribution >= 0.6 is 0 Å². The lowest BCUT2D eigenvalue weighted by molar-refractivity contribution is -0.134. The van der Waals surface area contributed by atoms with Gasteiger partial charge in [-0.05, 0) is 26.0 Å². The van der Waals surface area contributed by atoms with Gasteiger partial charge in [-0.25, -0.2) is 9.67 Å². The van der Waals surface area contributed by atoms with Crippen molar-refractivity contribution in [2.45, 2.75) is 33.0 Å². The molecule has 0 saturated carbocycles. The highest BCUT2D eigenvalue weighted by Gasteiger charge is 2.20. The van der Waals surface area contributed by atoms with E-state index < -0.39 is 0 Å². The van der Waals surface area contributed by atoms with E-state index in [0.717, 1.165) is 16.9 Å². The van der Waals surface area contributed by atoms with Gasteiger partial charge in [0.25, 0.3) is 0 Å². The normalized spacial score (nSPS) is 11.3. The monoisotopic (exact) mass is 312 g/mol. The van der Waals surface area contributed by atoms with Gasteiger partial charge in [0, 0.05) is 25.5 Å². The van der Waals surface area contributed by atoms with Gasteiger partial charge in [-0.2, -0.15) is 0 Å². The van der Waals surface area contributed by atoms with Crippen molar-refractivity contribution in [3.8, 4) is 0 Å². The molecular formula is C16H20N6O. The van der Waals surface area contributed by atoms with Crippen molar-refractivity contribution in [3.05, 3.63) is 42.5 Å². The molecule has 0 aliphatic rings. The highest BCUT2D eigenvalue weighted by molar-refractivity contribution is 5.80. The molecular weight excluding hydrogens is 292 g/mol. The smallest absolute Gasteiger partial charge is 0.245 e. The van der Waals surface area contributed by atoms with Crippen molar-refractivity contribution in [3.63, 3.8) is 0 Å². The zero-order valence-corrected chi connectivity index (χ0v) is 13.5. The molecule has 2 aromatic heterocycles. The highest BCUT2D eigenvalue weighted by Crippen LogP contribution is 2.12. The van der Waals surface area contributed by atoms with E-state index in [-0.39, 0.29) is 18.5 Å². The van der Waals surface area contributed by atoms with Crippen LogP contribution in [0.15, 0.2) is 36.7 Å². The van der Waals surface area contributed by atoms with Crippen LogP contribution in [0.4, 0.5) is 0 Å². The number of rotatable bonds is 5. The maximum atomic E-state index is 12.7. The Balaban J connectivity index is 1.80. The molecule has 0 saturated heterocycles. The van der Waals surface area contributed by atoms with Crippen LogP contribution in [-0.2, 0) is 24.9 Å². The van der Waals surface area contributed by atoms with Crippen LogP contribution in [0.25, 0.3) is 11.0 Å². The number of hydrogen-bond acceptors (Lipinski definition) is 4. The van der Waals surface area contributed by atoms with Gasteiger partial charge in [-0.15, -0.1) is 5.10 Å². The van der Waals surface area contributed by atoms with Crippen LogP contribution in [0.1, 0.15) is 19.7 Å². The number of benzene rings is 1. The summed E-state index contributed by atoms with van der Waals surface area (Å²) in [6, 6.07) is 7.71. The maximum Gasteiger partial charge on any atom is 0.245 e. The Morgan fingerprint density at radius 2 is 2.09 bits per heavy atom. The van der Waals surface area contributed by atoms with E-state index in [2.05, 4.69) is 15.3 Å². The number of carbonyl (C=O) groups is 1. The van der Waals surface area contributed by atoms with E-state index in [0.29, 0.717) is 6.54 Å². The molecule has 0 aliphatic carbocycles. The quantitative estimate of drug-likeness (QED) is 0.717. The van der Waals surface area contributed by atoms with Crippen LogP contribution in [-0.4, -0.2) is 41.4 Å². The zero-order valence-electron chi connectivity index (χ0n) is 13.5. The summed E-state index contributed by atoms with van der Waals surface area (Å²) >= 11 is 0. The molecule has 0 aliphatic heterocycles. The molecule has 0 radical (unpaired) electrons. The van der Waals surface area contributed by atoms with Crippen LogP contribution in [0, 0.1) is 0 Å². The first-order valence-electron chi connectivity index (χ1n) is 7.60. The lowest BCUT2D eigenvalue weighted by Crippen LogP contribution is -2.39. The Morgan fingerprint density at radius 3 is 2.78 bits per heavy atom. The first kappa shape index (κ1) is 15.2. The Bertz CT molecular complexity index is 819. The standard InChI is InChI=1S/C16H20N6O/c1-12(2)21(10-15-17-8-9-20(15)3)16(23)11-22-14-7-5-4-6-13(14)18-19-22/h4-9,12H,10-11H2,1-3H3. The topological polar surface area (TPSA) is 68.8 Å². The van der Waals surface area contributed by atoms with Gasteiger partial charge in [-0.3, -0.25) is 4.79 Å². The predicted molar refractivity (Wildman–Crippen MR) is 86.4 cm³/mol. The summed E-state index contributed by atoms with van der Waals surface area (Å²) in [7, 11) is 1.93. The van der Waals surface area contributed by atoms with Crippen molar-refractivity contribution in [1.29, 1.82) is 0 Å². The zero-order chi connectivity index (χ0) is 16.4. The number of aryl methyl sites for hydroxylation is 1. The second-order valence-corrected chi connectivity index (χ2v) is 5.81. The van der Waals surface area contributed by atoms with Gasteiger partial charge < -0.3 is 9.47 Å². The summed E-state index contributed by atoms with van der Waals surface area (Å²) in [6.45, 7) is 4.65. The first-order chi connectivity index (χ1) is 11.1. The molecule has 7 heteroatoms. The number of aromatic nitrogens is 5. The molecule has 23 heavy (non-hydrogen) atoms. The van der Waals surface area contributed by atoms with Crippen molar-refractivity contribution in [2.75, 3.05) is 0 Å². The number of imidazole rings is 1. The lowest BCUT2D eigenvalue weighted by atomic mass is 10.3. The van der Waals surface area contributed by atoms with Crippen molar-refractivity contribution in [2.24, 2.45) is 7.05 Å². The average Bonchev–Trinajstić information content (AvgIpc) is 3.11. The Kier molecular flexibility index (Phi) is 4.10. The number of carbonyl (C=O) groups excluding carboxylic acids is 1. The first-order valence-corrected chi connectivity index (χ1v) is 7.60. The molecule has 0 unspecified atom stereocenters. The van der Waals surface area contributed by atoms with Gasteiger partial charge in [0.1, 0.15) is 17.9 Å². The largest absolute Gasteiger partial charge is 0.337 e. The van der Waals surface area contributed by atoms with E-state index in [1.165, 1.54) is 0 Å². The SMILES string of the molecule is CC(C)N(Cc1nccn1C)C(=O)Cn1nnc2ccccc21. The van der Waals surface area contributed by atoms with Crippen molar-refractivity contribution < 1.29 is 4.79 Å². The van der Waals surface area contributed by atoms with E-state index in [9.17, 15) is 4.79 Å². The molecule has 120 valence electrons. The molecule has 3 aromatic rings. The average molecular weight is 312 g/mol. The Labute approximate surface area is 134 Å². The molecule has 7 nitrogen and oxygen atoms in total. The summed E-state index contributed by atoms with van der Waals surface area (Å²) < 4.78 is 3.57. The van der Waals surface area contributed by atoms with Gasteiger partial charge >= 0.3 is 0 Å². The van der Waals surface area contributed by atoms with Crippen LogP contribution < -0.4 is 0 Å². The number of nitrogens with zero attached hydrogens (tertiary/aromatic N) is 6. The maximum absolute atomic E-state index is 12.7. The molecule has 0 atom stereocenters. The third kappa shape index (κ3) is 3.08. The molecule has 0 fully saturated rings. The van der Waals surface area contributed by atoms with Gasteiger partial charge in [0.05, 0.1) is 12.1 Å². The molecule has 2 heterocycles. The van der Waals surface area contributed by atoms with E-state index in [4.69, 9.17) is 0 Å². The van der Waals surface area contributed by atoms with Crippen molar-refractivity contribution in [1.82, 2.24) is 29.4 Å². The van der Waals surface area contributed by atoms with Crippen LogP contribution in [0.5, 0.6) is 0 Å². The fraction of sp³-hybridized carbons (Fsp3) is 0.375. The van der Waals surface area contributed by atoms with Gasteiger partial charge in [0.15, 0.2) is 0 Å². The fourth-order valence-corrected chi connectivity index (χ4v) is 2.51. The molecule has 0 N–H and O–H groups in total. The summed E-state index contributed by atoms with van der Waals surface area (Å²) in [5.41, 5.74) is 1.65. The molecule has 0 spiro atoms. The second kappa shape index (κ2) is 6.20. The lowest BCUT2D eigenvalue weighted by Gasteiger charge is -2.26. The van der Waals surface area contributed by atoms with E-state index in [1.807, 2.05) is 55.9 Å². The number of para-hydroxylation sites is 1. The second-order valence-electron chi connectivity index (χ2n) is 5.81. The van der Waals surface area contributed by atoms with Crippen LogP contribution in [0.2, 0.25) is 0 Å². The van der Waals surface area contributed by atoms with Crippen molar-refractivity contribution >= 4 is 16.9 Å². The summed E-state index contributed by atoms with van der Waals surface area (Å²) in [4.78, 5) is 18.8. The Hall–Kier alpha value is -2.70. The summed E-state index contributed by atoms with van der Waals surface area (Å²) in [5, 5.41) is 8.18. The number of fused-ring (bicyclic) bond motifs is 1. The fourth-order valence-electron chi connectivity index (χ4n) is 2.51. The minimum absolute atomic E-state index is 0.00125. The van der Waals surface area contributed by atoms with Crippen LogP contribution in [0.3, 0.4) is 0 Å². The number of amides is 1. The highest BCUT2D eigenvalue weighted by atomic mass is 16.2. The summed E-state index contributed by atoms with van der Waals surface area (Å²) in [5.74, 6) is 0.856.